The number of pyridine rings is 2. The molecule has 0 radical (unpaired) electrons. The zero-order valence-electron chi connectivity index (χ0n) is 13.5. The first-order valence-corrected chi connectivity index (χ1v) is 8.13. The van der Waals surface area contributed by atoms with Gasteiger partial charge in [-0.25, -0.2) is 9.97 Å². The quantitative estimate of drug-likeness (QED) is 0.892. The van der Waals surface area contributed by atoms with Crippen molar-refractivity contribution in [3.8, 4) is 0 Å². The predicted octanol–water partition coefficient (Wildman–Crippen LogP) is 1.60. The van der Waals surface area contributed by atoms with Crippen LogP contribution in [0.2, 0.25) is 0 Å². The summed E-state index contributed by atoms with van der Waals surface area (Å²) in [6, 6.07) is 9.50. The SMILES string of the molecule is O=C(Nc1ccccn1)C1=C2C=CC=CN2C(Cc2cc[nH+]cc2)N1. The Morgan fingerprint density at radius 2 is 2.12 bits per heavy atom. The number of aromatic amines is 1. The number of aromatic nitrogens is 2. The number of allylic oxidation sites excluding steroid dienone is 3. The van der Waals surface area contributed by atoms with E-state index < -0.39 is 0 Å². The smallest absolute Gasteiger partial charge is 0.275 e. The van der Waals surface area contributed by atoms with E-state index in [1.165, 1.54) is 5.56 Å². The predicted molar refractivity (Wildman–Crippen MR) is 93.6 cm³/mol. The van der Waals surface area contributed by atoms with E-state index in [0.717, 1.165) is 12.1 Å². The van der Waals surface area contributed by atoms with E-state index in [4.69, 9.17) is 0 Å². The van der Waals surface area contributed by atoms with Gasteiger partial charge in [-0.1, -0.05) is 12.1 Å². The summed E-state index contributed by atoms with van der Waals surface area (Å²) >= 11 is 0. The third-order valence-corrected chi connectivity index (χ3v) is 4.14. The Kier molecular flexibility index (Phi) is 4.00. The van der Waals surface area contributed by atoms with Gasteiger partial charge in [-0.15, -0.1) is 0 Å². The van der Waals surface area contributed by atoms with Crippen molar-refractivity contribution in [2.75, 3.05) is 5.32 Å². The number of rotatable bonds is 4. The lowest BCUT2D eigenvalue weighted by atomic mass is 10.1. The summed E-state index contributed by atoms with van der Waals surface area (Å²) in [4.78, 5) is 22.0. The van der Waals surface area contributed by atoms with Gasteiger partial charge in [-0.05, 0) is 29.8 Å². The second-order valence-corrected chi connectivity index (χ2v) is 5.81. The minimum atomic E-state index is -0.192. The van der Waals surface area contributed by atoms with Gasteiger partial charge in [0.25, 0.3) is 5.91 Å². The molecule has 0 saturated carbocycles. The molecule has 124 valence electrons. The maximum atomic E-state index is 12.7. The van der Waals surface area contributed by atoms with Gasteiger partial charge in [-0.2, -0.15) is 0 Å². The summed E-state index contributed by atoms with van der Waals surface area (Å²) in [7, 11) is 0. The molecular formula is C19H18N5O+. The molecule has 25 heavy (non-hydrogen) atoms. The van der Waals surface area contributed by atoms with E-state index in [-0.39, 0.29) is 12.1 Å². The summed E-state index contributed by atoms with van der Waals surface area (Å²) in [5.74, 6) is 0.342. The third-order valence-electron chi connectivity index (χ3n) is 4.14. The Bertz CT molecular complexity index is 858. The van der Waals surface area contributed by atoms with Crippen LogP contribution in [0.5, 0.6) is 0 Å². The lowest BCUT2D eigenvalue weighted by molar-refractivity contribution is -0.378. The Labute approximate surface area is 145 Å². The number of fused-ring (bicyclic) bond motifs is 1. The van der Waals surface area contributed by atoms with Gasteiger partial charge in [0, 0.05) is 31.0 Å². The first kappa shape index (κ1) is 15.1. The Hall–Kier alpha value is -3.41. The molecule has 1 amide bonds. The van der Waals surface area contributed by atoms with Crippen molar-refractivity contribution in [3.63, 3.8) is 0 Å². The number of amides is 1. The zero-order chi connectivity index (χ0) is 17.1. The highest BCUT2D eigenvalue weighted by Gasteiger charge is 2.33. The van der Waals surface area contributed by atoms with Crippen molar-refractivity contribution < 1.29 is 9.78 Å². The molecule has 1 unspecified atom stereocenters. The zero-order valence-corrected chi connectivity index (χ0v) is 13.5. The van der Waals surface area contributed by atoms with Crippen molar-refractivity contribution in [1.82, 2.24) is 15.2 Å². The van der Waals surface area contributed by atoms with Crippen LogP contribution < -0.4 is 15.6 Å². The fourth-order valence-electron chi connectivity index (χ4n) is 2.98. The molecule has 0 aromatic carbocycles. The van der Waals surface area contributed by atoms with Crippen LogP contribution in [-0.2, 0) is 11.2 Å². The molecule has 0 spiro atoms. The van der Waals surface area contributed by atoms with Crippen molar-refractivity contribution in [3.05, 3.63) is 90.3 Å². The van der Waals surface area contributed by atoms with Crippen LogP contribution in [0.3, 0.4) is 0 Å². The van der Waals surface area contributed by atoms with Crippen molar-refractivity contribution >= 4 is 11.7 Å². The Balaban J connectivity index is 1.56. The van der Waals surface area contributed by atoms with E-state index in [2.05, 4.69) is 25.5 Å². The number of hydrogen-bond donors (Lipinski definition) is 2. The summed E-state index contributed by atoms with van der Waals surface area (Å²) in [6.07, 6.45) is 14.1. The van der Waals surface area contributed by atoms with Gasteiger partial charge in [0.05, 0.1) is 5.70 Å². The second-order valence-electron chi connectivity index (χ2n) is 5.81. The van der Waals surface area contributed by atoms with Gasteiger partial charge >= 0.3 is 0 Å². The van der Waals surface area contributed by atoms with Crippen LogP contribution in [0.15, 0.2) is 84.7 Å². The molecule has 0 fully saturated rings. The van der Waals surface area contributed by atoms with Crippen LogP contribution in [0.4, 0.5) is 5.82 Å². The van der Waals surface area contributed by atoms with Gasteiger partial charge in [0.15, 0.2) is 12.4 Å². The molecule has 3 N–H and O–H groups in total. The fourth-order valence-corrected chi connectivity index (χ4v) is 2.98. The highest BCUT2D eigenvalue weighted by molar-refractivity contribution is 6.04. The highest BCUT2D eigenvalue weighted by atomic mass is 16.2. The van der Waals surface area contributed by atoms with E-state index >= 15 is 0 Å². The first-order valence-electron chi connectivity index (χ1n) is 8.13. The molecular weight excluding hydrogens is 314 g/mol. The van der Waals surface area contributed by atoms with Crippen LogP contribution in [0, 0.1) is 0 Å². The molecule has 2 aliphatic rings. The number of hydrogen-bond acceptors (Lipinski definition) is 4. The van der Waals surface area contributed by atoms with E-state index in [1.54, 1.807) is 12.3 Å². The van der Waals surface area contributed by atoms with E-state index in [1.807, 2.05) is 61.1 Å². The summed E-state index contributed by atoms with van der Waals surface area (Å²) in [6.45, 7) is 0. The minimum Gasteiger partial charge on any atom is -0.358 e. The Morgan fingerprint density at radius 3 is 2.92 bits per heavy atom. The van der Waals surface area contributed by atoms with Crippen molar-refractivity contribution in [2.24, 2.45) is 0 Å². The molecule has 2 aliphatic heterocycles. The monoisotopic (exact) mass is 332 g/mol. The number of nitrogens with zero attached hydrogens (tertiary/aromatic N) is 2. The van der Waals surface area contributed by atoms with E-state index in [0.29, 0.717) is 11.5 Å². The standard InChI is InChI=1S/C19H17N5O/c25-19(22-16-6-1-3-9-21-16)18-15-5-2-4-12-24(15)17(23-18)13-14-7-10-20-11-8-14/h1-12,17,23H,13H2,(H,21,22,25)/p+1. The molecule has 2 aromatic rings. The fraction of sp³-hybridized carbons (Fsp3) is 0.105. The molecule has 6 heteroatoms. The largest absolute Gasteiger partial charge is 0.358 e. The molecule has 2 aromatic heterocycles. The maximum absolute atomic E-state index is 12.7. The molecule has 6 nitrogen and oxygen atoms in total. The van der Waals surface area contributed by atoms with E-state index in [9.17, 15) is 4.79 Å². The first-order chi connectivity index (χ1) is 12.3. The van der Waals surface area contributed by atoms with Gasteiger partial charge in [0.1, 0.15) is 17.7 Å². The van der Waals surface area contributed by atoms with Crippen LogP contribution in [0.1, 0.15) is 5.56 Å². The van der Waals surface area contributed by atoms with Gasteiger partial charge in [0.2, 0.25) is 0 Å². The summed E-state index contributed by atoms with van der Waals surface area (Å²) in [5, 5.41) is 6.20. The minimum absolute atomic E-state index is 0.0110. The number of carbonyl (C=O) groups is 1. The number of anilines is 1. The van der Waals surface area contributed by atoms with Gasteiger partial charge in [-0.3, -0.25) is 4.79 Å². The second kappa shape index (κ2) is 6.60. The molecule has 4 heterocycles. The lowest BCUT2D eigenvalue weighted by Crippen LogP contribution is -2.37. The average Bonchev–Trinajstić information content (AvgIpc) is 3.02. The summed E-state index contributed by atoms with van der Waals surface area (Å²) < 4.78 is 0. The molecule has 0 bridgehead atoms. The van der Waals surface area contributed by atoms with Crippen molar-refractivity contribution in [2.45, 2.75) is 12.6 Å². The molecule has 0 saturated heterocycles. The summed E-state index contributed by atoms with van der Waals surface area (Å²) in [5.41, 5.74) is 2.60. The number of H-pyrrole nitrogens is 1. The molecule has 1 atom stereocenters. The average molecular weight is 332 g/mol. The third kappa shape index (κ3) is 3.14. The van der Waals surface area contributed by atoms with Crippen molar-refractivity contribution in [1.29, 1.82) is 0 Å². The van der Waals surface area contributed by atoms with Crippen LogP contribution in [-0.4, -0.2) is 22.0 Å². The van der Waals surface area contributed by atoms with Crippen LogP contribution >= 0.6 is 0 Å². The highest BCUT2D eigenvalue weighted by Crippen LogP contribution is 2.27. The Morgan fingerprint density at radius 1 is 1.24 bits per heavy atom. The maximum Gasteiger partial charge on any atom is 0.275 e. The normalized spacial score (nSPS) is 18.1. The number of nitrogens with one attached hydrogen (secondary N) is 3. The molecule has 0 aliphatic carbocycles. The van der Waals surface area contributed by atoms with Crippen LogP contribution in [0.25, 0.3) is 0 Å². The number of carbonyl (C=O) groups excluding carboxylic acids is 1. The molecule has 4 rings (SSSR count). The topological polar surface area (TPSA) is 71.4 Å². The van der Waals surface area contributed by atoms with Gasteiger partial charge < -0.3 is 15.5 Å². The lowest BCUT2D eigenvalue weighted by Gasteiger charge is -2.25.